The number of aliphatic hydroxyl groups excluding tert-OH is 1. The van der Waals surface area contributed by atoms with Gasteiger partial charge in [-0.15, -0.1) is 0 Å². The van der Waals surface area contributed by atoms with E-state index in [1.165, 1.54) is 0 Å². The molecule has 0 saturated carbocycles. The molecule has 2 aromatic rings. The Balaban J connectivity index is 2.28. The average molecular weight is 207 g/mol. The van der Waals surface area contributed by atoms with E-state index in [9.17, 15) is 0 Å². The Morgan fingerprint density at radius 3 is 2.73 bits per heavy atom. The van der Waals surface area contributed by atoms with Crippen molar-refractivity contribution < 1.29 is 9.63 Å². The Morgan fingerprint density at radius 2 is 2.07 bits per heavy atom. The largest absolute Gasteiger partial charge is 0.394 e. The van der Waals surface area contributed by atoms with E-state index in [-0.39, 0.29) is 18.3 Å². The zero-order chi connectivity index (χ0) is 10.7. The quantitative estimate of drug-likeness (QED) is 0.699. The van der Waals surface area contributed by atoms with Crippen molar-refractivity contribution in [2.75, 3.05) is 6.61 Å². The van der Waals surface area contributed by atoms with Gasteiger partial charge < -0.3 is 15.4 Å². The Kier molecular flexibility index (Phi) is 2.66. The second-order valence-electron chi connectivity index (χ2n) is 2.82. The summed E-state index contributed by atoms with van der Waals surface area (Å²) >= 11 is 0. The van der Waals surface area contributed by atoms with Crippen LogP contribution in [-0.4, -0.2) is 31.8 Å². The van der Waals surface area contributed by atoms with Gasteiger partial charge in [0.15, 0.2) is 0 Å². The van der Waals surface area contributed by atoms with Gasteiger partial charge in [-0.1, -0.05) is 5.16 Å². The topological polar surface area (TPSA) is 111 Å². The summed E-state index contributed by atoms with van der Waals surface area (Å²) < 4.78 is 4.85. The van der Waals surface area contributed by atoms with Gasteiger partial charge >= 0.3 is 0 Å². The highest BCUT2D eigenvalue weighted by Crippen LogP contribution is 2.12. The normalized spacial score (nSPS) is 12.7. The number of aliphatic hydroxyl groups is 1. The molecule has 0 aromatic carbocycles. The van der Waals surface area contributed by atoms with Crippen molar-refractivity contribution >= 4 is 0 Å². The number of nitrogens with two attached hydrogens (primary N) is 1. The minimum absolute atomic E-state index is 0.167. The van der Waals surface area contributed by atoms with E-state index in [4.69, 9.17) is 15.4 Å². The highest BCUT2D eigenvalue weighted by Gasteiger charge is 2.15. The highest BCUT2D eigenvalue weighted by molar-refractivity contribution is 5.40. The van der Waals surface area contributed by atoms with Crippen LogP contribution >= 0.6 is 0 Å². The minimum Gasteiger partial charge on any atom is -0.394 e. The van der Waals surface area contributed by atoms with E-state index in [2.05, 4.69) is 20.1 Å². The average Bonchev–Trinajstić information content (AvgIpc) is 2.78. The molecule has 0 fully saturated rings. The van der Waals surface area contributed by atoms with Gasteiger partial charge in [0, 0.05) is 12.4 Å². The third-order valence-electron chi connectivity index (χ3n) is 1.72. The molecule has 3 N–H and O–H groups in total. The number of rotatable bonds is 3. The van der Waals surface area contributed by atoms with Gasteiger partial charge in [-0.05, 0) is 6.07 Å². The van der Waals surface area contributed by atoms with Gasteiger partial charge in [0.1, 0.15) is 6.04 Å². The third kappa shape index (κ3) is 1.97. The van der Waals surface area contributed by atoms with Crippen LogP contribution in [0.3, 0.4) is 0 Å². The second kappa shape index (κ2) is 4.11. The van der Waals surface area contributed by atoms with E-state index < -0.39 is 6.04 Å². The molecule has 0 bridgehead atoms. The summed E-state index contributed by atoms with van der Waals surface area (Å²) in [7, 11) is 0. The van der Waals surface area contributed by atoms with Gasteiger partial charge in [0.25, 0.3) is 0 Å². The number of nitrogens with zero attached hydrogens (tertiary/aromatic N) is 4. The Labute approximate surface area is 85.0 Å². The number of aromatic nitrogens is 4. The van der Waals surface area contributed by atoms with Gasteiger partial charge in [-0.3, -0.25) is 0 Å². The molecule has 0 saturated heterocycles. The molecule has 0 aliphatic carbocycles. The number of hydrogen-bond donors (Lipinski definition) is 2. The van der Waals surface area contributed by atoms with Crippen molar-refractivity contribution in [1.82, 2.24) is 20.1 Å². The van der Waals surface area contributed by atoms with E-state index in [1.54, 1.807) is 18.5 Å². The molecular weight excluding hydrogens is 198 g/mol. The Bertz CT molecular complexity index is 430. The first-order valence-corrected chi connectivity index (χ1v) is 4.28. The second-order valence-corrected chi connectivity index (χ2v) is 2.82. The van der Waals surface area contributed by atoms with Crippen LogP contribution in [0.1, 0.15) is 11.9 Å². The van der Waals surface area contributed by atoms with E-state index in [0.717, 1.165) is 0 Å². The van der Waals surface area contributed by atoms with Crippen molar-refractivity contribution in [2.45, 2.75) is 6.04 Å². The van der Waals surface area contributed by atoms with E-state index >= 15 is 0 Å². The van der Waals surface area contributed by atoms with Crippen molar-refractivity contribution in [3.8, 4) is 11.6 Å². The number of hydrogen-bond acceptors (Lipinski definition) is 7. The lowest BCUT2D eigenvalue weighted by Crippen LogP contribution is -2.14. The maximum Gasteiger partial charge on any atom is 0.246 e. The maximum atomic E-state index is 8.78. The summed E-state index contributed by atoms with van der Waals surface area (Å²) in [5, 5.41) is 12.4. The molecule has 7 nitrogen and oxygen atoms in total. The molecule has 1 atom stereocenters. The highest BCUT2D eigenvalue weighted by atomic mass is 16.5. The summed E-state index contributed by atoms with van der Waals surface area (Å²) in [5.41, 5.74) is 5.50. The van der Waals surface area contributed by atoms with Crippen LogP contribution in [0, 0.1) is 0 Å². The van der Waals surface area contributed by atoms with Gasteiger partial charge in [-0.25, -0.2) is 9.97 Å². The zero-order valence-corrected chi connectivity index (χ0v) is 7.74. The molecule has 2 heterocycles. The lowest BCUT2D eigenvalue weighted by atomic mass is 10.3. The predicted octanol–water partition coefficient (Wildman–Crippen LogP) is -0.481. The molecule has 2 aromatic heterocycles. The molecule has 0 radical (unpaired) electrons. The summed E-state index contributed by atoms with van der Waals surface area (Å²) in [4.78, 5) is 11.9. The standard InChI is InChI=1S/C8H9N5O2/c9-5(4-14)8-12-7(13-15-8)6-10-2-1-3-11-6/h1-3,5,14H,4,9H2/t5-/m1/s1. The smallest absolute Gasteiger partial charge is 0.246 e. The molecule has 0 aliphatic rings. The molecule has 15 heavy (non-hydrogen) atoms. The van der Waals surface area contributed by atoms with Gasteiger partial charge in [0.2, 0.25) is 17.5 Å². The summed E-state index contributed by atoms with van der Waals surface area (Å²) in [6.07, 6.45) is 3.15. The first-order chi connectivity index (χ1) is 7.31. The monoisotopic (exact) mass is 207 g/mol. The van der Waals surface area contributed by atoms with Crippen LogP contribution in [0.4, 0.5) is 0 Å². The van der Waals surface area contributed by atoms with Crippen LogP contribution in [0.25, 0.3) is 11.6 Å². The summed E-state index contributed by atoms with van der Waals surface area (Å²) in [5.74, 6) is 0.784. The van der Waals surface area contributed by atoms with Gasteiger partial charge in [-0.2, -0.15) is 4.98 Å². The molecule has 0 unspecified atom stereocenters. The molecule has 2 rings (SSSR count). The fourth-order valence-electron chi connectivity index (χ4n) is 0.969. The zero-order valence-electron chi connectivity index (χ0n) is 7.74. The Morgan fingerprint density at radius 1 is 1.33 bits per heavy atom. The minimum atomic E-state index is -0.671. The summed E-state index contributed by atoms with van der Waals surface area (Å²) in [6, 6.07) is 1.01. The molecule has 0 aliphatic heterocycles. The van der Waals surface area contributed by atoms with Crippen LogP contribution in [0.5, 0.6) is 0 Å². The lowest BCUT2D eigenvalue weighted by molar-refractivity contribution is 0.237. The fraction of sp³-hybridized carbons (Fsp3) is 0.250. The van der Waals surface area contributed by atoms with Crippen LogP contribution < -0.4 is 5.73 Å². The lowest BCUT2D eigenvalue weighted by Gasteiger charge is -1.98. The van der Waals surface area contributed by atoms with Gasteiger partial charge in [0.05, 0.1) is 6.61 Å². The van der Waals surface area contributed by atoms with Crippen molar-refractivity contribution in [3.63, 3.8) is 0 Å². The van der Waals surface area contributed by atoms with Crippen LogP contribution in [0.2, 0.25) is 0 Å². The molecule has 0 spiro atoms. The van der Waals surface area contributed by atoms with Crippen LogP contribution in [-0.2, 0) is 0 Å². The van der Waals surface area contributed by atoms with Crippen molar-refractivity contribution in [1.29, 1.82) is 0 Å². The molecular formula is C8H9N5O2. The first-order valence-electron chi connectivity index (χ1n) is 4.28. The molecule has 0 amide bonds. The maximum absolute atomic E-state index is 8.78. The molecule has 78 valence electrons. The predicted molar refractivity (Wildman–Crippen MR) is 49.3 cm³/mol. The van der Waals surface area contributed by atoms with E-state index in [0.29, 0.717) is 5.82 Å². The van der Waals surface area contributed by atoms with Crippen molar-refractivity contribution in [2.24, 2.45) is 5.73 Å². The fourth-order valence-corrected chi connectivity index (χ4v) is 0.969. The van der Waals surface area contributed by atoms with Crippen LogP contribution in [0.15, 0.2) is 23.0 Å². The summed E-state index contributed by atoms with van der Waals surface area (Å²) in [6.45, 7) is -0.253. The van der Waals surface area contributed by atoms with Crippen molar-refractivity contribution in [3.05, 3.63) is 24.4 Å². The SMILES string of the molecule is N[C@H](CO)c1nc(-c2ncccn2)no1. The van der Waals surface area contributed by atoms with E-state index in [1.807, 2.05) is 0 Å². The first kappa shape index (κ1) is 9.69. The molecule has 7 heteroatoms. The third-order valence-corrected chi connectivity index (χ3v) is 1.72. The Hall–Kier alpha value is -1.86.